The standard InChI is InChI=1S/C40H26N2/c1-8-16-38-28(9-1)25-26-42(38)30-22-18-27(19-23-30)17-20-29-21-24-37-39(41-29)33-12-4-7-15-36(33)40(37)34-13-5-2-10-31(34)32-11-3-6-14-35(32)40/h1-26H. The normalized spacial score (nSPS) is 13.8. The van der Waals surface area contributed by atoms with Crippen LogP contribution in [0.3, 0.4) is 0 Å². The van der Waals surface area contributed by atoms with Crippen molar-refractivity contribution in [3.63, 3.8) is 0 Å². The fraction of sp³-hybridized carbons (Fsp3) is 0.0250. The second-order valence-corrected chi connectivity index (χ2v) is 11.2. The van der Waals surface area contributed by atoms with Crippen LogP contribution < -0.4 is 0 Å². The van der Waals surface area contributed by atoms with E-state index < -0.39 is 0 Å². The summed E-state index contributed by atoms with van der Waals surface area (Å²) in [7, 11) is 0. The van der Waals surface area contributed by atoms with E-state index in [1.807, 2.05) is 0 Å². The Kier molecular flexibility index (Phi) is 4.85. The zero-order valence-corrected chi connectivity index (χ0v) is 22.9. The molecule has 0 saturated carbocycles. The van der Waals surface area contributed by atoms with Crippen LogP contribution in [0.2, 0.25) is 0 Å². The summed E-state index contributed by atoms with van der Waals surface area (Å²) in [4.78, 5) is 5.28. The number of rotatable bonds is 3. The summed E-state index contributed by atoms with van der Waals surface area (Å²) < 4.78 is 2.23. The molecule has 0 amide bonds. The Morgan fingerprint density at radius 1 is 0.500 bits per heavy atom. The molecule has 0 fully saturated rings. The van der Waals surface area contributed by atoms with E-state index in [0.717, 1.165) is 22.6 Å². The minimum absolute atomic E-state index is 0.340. The Hall–Kier alpha value is -5.47. The minimum Gasteiger partial charge on any atom is -0.317 e. The van der Waals surface area contributed by atoms with Gasteiger partial charge in [0.05, 0.1) is 22.3 Å². The van der Waals surface area contributed by atoms with Crippen LogP contribution in [0.5, 0.6) is 0 Å². The zero-order chi connectivity index (χ0) is 27.7. The van der Waals surface area contributed by atoms with Crippen LogP contribution in [0, 0.1) is 0 Å². The molecule has 196 valence electrons. The summed E-state index contributed by atoms with van der Waals surface area (Å²) in [5.74, 6) is 0. The highest BCUT2D eigenvalue weighted by atomic mass is 15.0. The van der Waals surface area contributed by atoms with Crippen LogP contribution in [-0.4, -0.2) is 9.55 Å². The Morgan fingerprint density at radius 3 is 1.86 bits per heavy atom. The van der Waals surface area contributed by atoms with Crippen molar-refractivity contribution in [2.45, 2.75) is 5.41 Å². The van der Waals surface area contributed by atoms with E-state index in [1.165, 1.54) is 49.8 Å². The van der Waals surface area contributed by atoms with Crippen LogP contribution in [0.25, 0.3) is 51.1 Å². The molecular weight excluding hydrogens is 508 g/mol. The van der Waals surface area contributed by atoms with E-state index in [9.17, 15) is 0 Å². The molecule has 2 aromatic heterocycles. The van der Waals surface area contributed by atoms with Crippen LogP contribution in [0.1, 0.15) is 33.5 Å². The van der Waals surface area contributed by atoms with Gasteiger partial charge in [0.2, 0.25) is 0 Å². The van der Waals surface area contributed by atoms with Crippen molar-refractivity contribution in [3.8, 4) is 28.1 Å². The number of hydrogen-bond donors (Lipinski definition) is 0. The molecule has 5 aromatic carbocycles. The molecule has 2 aliphatic carbocycles. The van der Waals surface area contributed by atoms with Gasteiger partial charge >= 0.3 is 0 Å². The van der Waals surface area contributed by atoms with Gasteiger partial charge in [-0.25, -0.2) is 4.98 Å². The number of pyridine rings is 1. The van der Waals surface area contributed by atoms with Crippen molar-refractivity contribution in [3.05, 3.63) is 179 Å². The lowest BCUT2D eigenvalue weighted by Gasteiger charge is -2.30. The van der Waals surface area contributed by atoms with Gasteiger partial charge in [0, 0.05) is 17.4 Å². The maximum Gasteiger partial charge on any atom is 0.0760 e. The molecule has 0 N–H and O–H groups in total. The molecule has 0 atom stereocenters. The first-order valence-corrected chi connectivity index (χ1v) is 14.5. The molecule has 0 saturated heterocycles. The van der Waals surface area contributed by atoms with Gasteiger partial charge in [-0.2, -0.15) is 0 Å². The summed E-state index contributed by atoms with van der Waals surface area (Å²) in [5, 5.41) is 1.25. The highest BCUT2D eigenvalue weighted by Crippen LogP contribution is 2.62. The Labute approximate surface area is 244 Å². The largest absolute Gasteiger partial charge is 0.317 e. The molecule has 0 aliphatic heterocycles. The van der Waals surface area contributed by atoms with Crippen molar-refractivity contribution < 1.29 is 0 Å². The van der Waals surface area contributed by atoms with Crippen molar-refractivity contribution in [1.29, 1.82) is 0 Å². The van der Waals surface area contributed by atoms with Gasteiger partial charge in [-0.15, -0.1) is 0 Å². The smallest absolute Gasteiger partial charge is 0.0760 e. The summed E-state index contributed by atoms with van der Waals surface area (Å²) in [6, 6.07) is 50.4. The van der Waals surface area contributed by atoms with E-state index in [1.54, 1.807) is 0 Å². The Morgan fingerprint density at radius 2 is 1.12 bits per heavy atom. The number of nitrogens with zero attached hydrogens (tertiary/aromatic N) is 2. The lowest BCUT2D eigenvalue weighted by atomic mass is 9.71. The van der Waals surface area contributed by atoms with E-state index >= 15 is 0 Å². The molecule has 9 rings (SSSR count). The fourth-order valence-electron chi connectivity index (χ4n) is 7.29. The fourth-order valence-corrected chi connectivity index (χ4v) is 7.29. The van der Waals surface area contributed by atoms with Gasteiger partial charge in [0.15, 0.2) is 0 Å². The predicted octanol–water partition coefficient (Wildman–Crippen LogP) is 9.54. The third kappa shape index (κ3) is 3.12. The van der Waals surface area contributed by atoms with Crippen LogP contribution in [0.4, 0.5) is 0 Å². The van der Waals surface area contributed by atoms with E-state index in [2.05, 4.69) is 162 Å². The van der Waals surface area contributed by atoms with Crippen molar-refractivity contribution in [1.82, 2.24) is 9.55 Å². The summed E-state index contributed by atoms with van der Waals surface area (Å²) in [5.41, 5.74) is 14.3. The highest BCUT2D eigenvalue weighted by Gasteiger charge is 2.51. The van der Waals surface area contributed by atoms with Crippen LogP contribution in [0.15, 0.2) is 146 Å². The van der Waals surface area contributed by atoms with Gasteiger partial charge < -0.3 is 4.57 Å². The zero-order valence-electron chi connectivity index (χ0n) is 22.9. The Bertz CT molecular complexity index is 2150. The molecule has 0 bridgehead atoms. The number of aromatic nitrogens is 2. The molecule has 2 nitrogen and oxygen atoms in total. The maximum absolute atomic E-state index is 5.28. The third-order valence-corrected chi connectivity index (χ3v) is 9.08. The molecule has 2 aliphatic rings. The molecule has 1 spiro atoms. The lowest BCUT2D eigenvalue weighted by Crippen LogP contribution is -2.25. The lowest BCUT2D eigenvalue weighted by molar-refractivity contribution is 0.791. The van der Waals surface area contributed by atoms with Crippen LogP contribution in [-0.2, 0) is 5.41 Å². The average molecular weight is 535 g/mol. The monoisotopic (exact) mass is 534 g/mol. The van der Waals surface area contributed by atoms with Gasteiger partial charge in [-0.3, -0.25) is 0 Å². The number of hydrogen-bond acceptors (Lipinski definition) is 1. The SMILES string of the molecule is C(=Cc1ccc2c(n1)-c1ccccc1C21c2ccccc2-c2ccccc21)c1ccc(-n2ccc3ccccc32)cc1. The van der Waals surface area contributed by atoms with Gasteiger partial charge in [0.1, 0.15) is 0 Å². The molecule has 2 heterocycles. The quantitative estimate of drug-likeness (QED) is 0.221. The highest BCUT2D eigenvalue weighted by molar-refractivity contribution is 5.94. The van der Waals surface area contributed by atoms with Gasteiger partial charge in [-0.05, 0) is 80.7 Å². The van der Waals surface area contributed by atoms with Gasteiger partial charge in [0.25, 0.3) is 0 Å². The van der Waals surface area contributed by atoms with E-state index in [-0.39, 0.29) is 5.41 Å². The first-order chi connectivity index (χ1) is 20.8. The topological polar surface area (TPSA) is 17.8 Å². The molecule has 0 radical (unpaired) electrons. The van der Waals surface area contributed by atoms with Crippen molar-refractivity contribution in [2.75, 3.05) is 0 Å². The van der Waals surface area contributed by atoms with E-state index in [0.29, 0.717) is 0 Å². The molecule has 7 aromatic rings. The number of para-hydroxylation sites is 1. The second kappa shape index (κ2) is 8.76. The van der Waals surface area contributed by atoms with Crippen LogP contribution >= 0.6 is 0 Å². The number of fused-ring (bicyclic) bond motifs is 11. The molecular formula is C40H26N2. The second-order valence-electron chi connectivity index (χ2n) is 11.2. The third-order valence-electron chi connectivity index (χ3n) is 9.08. The Balaban J connectivity index is 1.12. The molecule has 2 heteroatoms. The van der Waals surface area contributed by atoms with Crippen molar-refractivity contribution in [2.24, 2.45) is 0 Å². The molecule has 42 heavy (non-hydrogen) atoms. The maximum atomic E-state index is 5.28. The minimum atomic E-state index is -0.340. The predicted molar refractivity (Wildman–Crippen MR) is 173 cm³/mol. The van der Waals surface area contributed by atoms with E-state index in [4.69, 9.17) is 4.98 Å². The number of benzene rings is 5. The average Bonchev–Trinajstić information content (AvgIpc) is 3.71. The van der Waals surface area contributed by atoms with Crippen molar-refractivity contribution >= 4 is 23.1 Å². The van der Waals surface area contributed by atoms with Gasteiger partial charge in [-0.1, -0.05) is 115 Å². The first kappa shape index (κ1) is 23.3. The summed E-state index contributed by atoms with van der Waals surface area (Å²) in [6.45, 7) is 0. The summed E-state index contributed by atoms with van der Waals surface area (Å²) >= 11 is 0. The molecule has 0 unspecified atom stereocenters. The first-order valence-electron chi connectivity index (χ1n) is 14.5. The summed E-state index contributed by atoms with van der Waals surface area (Å²) in [6.07, 6.45) is 6.42.